The lowest BCUT2D eigenvalue weighted by molar-refractivity contribution is -0.136. The Kier molecular flexibility index (Phi) is 10.9. The minimum absolute atomic E-state index is 0.0249. The summed E-state index contributed by atoms with van der Waals surface area (Å²) in [6, 6.07) is 3.89. The first kappa shape index (κ1) is 31.6. The van der Waals surface area contributed by atoms with E-state index in [1.165, 1.54) is 4.90 Å². The number of carbonyl (C=O) groups excluding carboxylic acids is 3. The summed E-state index contributed by atoms with van der Waals surface area (Å²) in [5.74, 6) is -4.39. The molecule has 224 valence electrons. The van der Waals surface area contributed by atoms with E-state index in [0.29, 0.717) is 37.4 Å². The largest absolute Gasteiger partial charge is 0.504 e. The predicted octanol–water partition coefficient (Wildman–Crippen LogP) is 3.17. The summed E-state index contributed by atoms with van der Waals surface area (Å²) >= 11 is 0. The summed E-state index contributed by atoms with van der Waals surface area (Å²) in [6.07, 6.45) is 0.321. The zero-order valence-corrected chi connectivity index (χ0v) is 23.8. The summed E-state index contributed by atoms with van der Waals surface area (Å²) in [5, 5.41) is 33.7. The number of phenolic OH excluding ortho intramolecular Hbond substituents is 3. The molecule has 3 amide bonds. The molecule has 0 saturated carbocycles. The molecule has 0 aliphatic carbocycles. The van der Waals surface area contributed by atoms with Crippen LogP contribution in [0.2, 0.25) is 0 Å². The van der Waals surface area contributed by atoms with Crippen LogP contribution in [0.25, 0.3) is 0 Å². The van der Waals surface area contributed by atoms with Crippen LogP contribution in [0.5, 0.6) is 23.0 Å². The standard InChI is InChI=1S/C25H26FN3O8.2C2H6/c26-20-16(23(33)22(32)15(21(20)31)10-28-6-8-36-9-7-28)12-37-18-3-1-2-13-14(18)11-29(25(13)35)17-4-5-19(30)27-24(17)34;2*1-2/h1-3,17,31-33H,4-12H2,(H,27,30,34);2*1-2H3. The fourth-order valence-corrected chi connectivity index (χ4v) is 4.88. The van der Waals surface area contributed by atoms with Crippen molar-refractivity contribution in [2.75, 3.05) is 26.3 Å². The topological polar surface area (TPSA) is 149 Å². The van der Waals surface area contributed by atoms with Crippen molar-refractivity contribution in [3.8, 4) is 23.0 Å². The number of piperidine rings is 1. The normalized spacial score (nSPS) is 18.5. The van der Waals surface area contributed by atoms with Gasteiger partial charge in [0.25, 0.3) is 5.91 Å². The fraction of sp³-hybridized carbons (Fsp3) is 0.483. The molecule has 12 heteroatoms. The number of aromatic hydroxyl groups is 3. The summed E-state index contributed by atoms with van der Waals surface area (Å²) in [5.41, 5.74) is 0.198. The Morgan fingerprint density at radius 3 is 2.32 bits per heavy atom. The minimum atomic E-state index is -1.12. The Morgan fingerprint density at radius 1 is 1.00 bits per heavy atom. The van der Waals surface area contributed by atoms with Crippen molar-refractivity contribution in [3.63, 3.8) is 0 Å². The van der Waals surface area contributed by atoms with Gasteiger partial charge in [0, 0.05) is 37.2 Å². The maximum absolute atomic E-state index is 15.1. The Labute approximate surface area is 238 Å². The number of amides is 3. The number of imide groups is 1. The van der Waals surface area contributed by atoms with Crippen molar-refractivity contribution in [1.29, 1.82) is 0 Å². The zero-order chi connectivity index (χ0) is 30.3. The third kappa shape index (κ3) is 6.54. The number of hydrogen-bond acceptors (Lipinski definition) is 9. The fourth-order valence-electron chi connectivity index (χ4n) is 4.88. The van der Waals surface area contributed by atoms with E-state index in [2.05, 4.69) is 5.32 Å². The van der Waals surface area contributed by atoms with E-state index in [-0.39, 0.29) is 37.2 Å². The van der Waals surface area contributed by atoms with Gasteiger partial charge in [-0.2, -0.15) is 0 Å². The second kappa shape index (κ2) is 14.1. The van der Waals surface area contributed by atoms with E-state index in [1.807, 2.05) is 32.6 Å². The van der Waals surface area contributed by atoms with Crippen LogP contribution in [0.15, 0.2) is 18.2 Å². The summed E-state index contributed by atoms with van der Waals surface area (Å²) in [4.78, 5) is 40.0. The molecular formula is C29H38FN3O8. The van der Waals surface area contributed by atoms with Crippen LogP contribution in [0.1, 0.15) is 67.6 Å². The molecule has 41 heavy (non-hydrogen) atoms. The van der Waals surface area contributed by atoms with Gasteiger partial charge >= 0.3 is 0 Å². The van der Waals surface area contributed by atoms with E-state index < -0.39 is 59.0 Å². The number of benzene rings is 2. The van der Waals surface area contributed by atoms with Gasteiger partial charge in [-0.05, 0) is 18.6 Å². The first-order valence-corrected chi connectivity index (χ1v) is 13.9. The monoisotopic (exact) mass is 575 g/mol. The lowest BCUT2D eigenvalue weighted by atomic mass is 10.0. The van der Waals surface area contributed by atoms with Crippen LogP contribution < -0.4 is 10.1 Å². The van der Waals surface area contributed by atoms with Crippen molar-refractivity contribution in [2.45, 2.75) is 66.3 Å². The molecule has 4 N–H and O–H groups in total. The molecule has 11 nitrogen and oxygen atoms in total. The van der Waals surface area contributed by atoms with E-state index in [4.69, 9.17) is 9.47 Å². The SMILES string of the molecule is CC.CC.O=C1CCC(N2Cc3c(OCc4c(O)c(O)c(CN5CCOCC5)c(O)c4F)cccc3C2=O)C(=O)N1. The van der Waals surface area contributed by atoms with Gasteiger partial charge in [-0.3, -0.25) is 24.6 Å². The third-order valence-electron chi connectivity index (χ3n) is 6.95. The molecule has 2 saturated heterocycles. The number of carbonyl (C=O) groups is 3. The highest BCUT2D eigenvalue weighted by Crippen LogP contribution is 2.43. The molecule has 2 aromatic rings. The van der Waals surface area contributed by atoms with E-state index >= 15 is 4.39 Å². The van der Waals surface area contributed by atoms with E-state index in [0.717, 1.165) is 0 Å². The first-order chi connectivity index (χ1) is 19.8. The van der Waals surface area contributed by atoms with Gasteiger partial charge in [0.1, 0.15) is 18.4 Å². The van der Waals surface area contributed by atoms with Gasteiger partial charge in [0.15, 0.2) is 23.1 Å². The van der Waals surface area contributed by atoms with Crippen LogP contribution in [-0.2, 0) is 34.0 Å². The van der Waals surface area contributed by atoms with Crippen molar-refractivity contribution < 1.29 is 43.6 Å². The number of nitrogens with zero attached hydrogens (tertiary/aromatic N) is 2. The van der Waals surface area contributed by atoms with Gasteiger partial charge in [0.2, 0.25) is 11.8 Å². The number of rotatable bonds is 6. The van der Waals surface area contributed by atoms with Crippen molar-refractivity contribution >= 4 is 17.7 Å². The molecule has 1 unspecified atom stereocenters. The van der Waals surface area contributed by atoms with Gasteiger partial charge < -0.3 is 29.7 Å². The van der Waals surface area contributed by atoms with Crippen LogP contribution in [0.4, 0.5) is 4.39 Å². The molecule has 3 aliphatic rings. The zero-order valence-electron chi connectivity index (χ0n) is 23.8. The molecular weight excluding hydrogens is 537 g/mol. The van der Waals surface area contributed by atoms with Gasteiger partial charge in [0.05, 0.1) is 30.9 Å². The number of morpholine rings is 1. The van der Waals surface area contributed by atoms with Gasteiger partial charge in [-0.15, -0.1) is 0 Å². The third-order valence-corrected chi connectivity index (χ3v) is 6.95. The van der Waals surface area contributed by atoms with E-state index in [1.54, 1.807) is 18.2 Å². The molecule has 5 rings (SSSR count). The van der Waals surface area contributed by atoms with Crippen LogP contribution in [-0.4, -0.2) is 75.2 Å². The summed E-state index contributed by atoms with van der Waals surface area (Å²) < 4.78 is 26.1. The highest BCUT2D eigenvalue weighted by atomic mass is 19.1. The maximum Gasteiger partial charge on any atom is 0.255 e. The number of halogens is 1. The number of nitrogens with one attached hydrogen (secondary N) is 1. The number of hydrogen-bond donors (Lipinski definition) is 4. The average molecular weight is 576 g/mol. The number of phenols is 3. The molecule has 0 spiro atoms. The van der Waals surface area contributed by atoms with Crippen LogP contribution in [0, 0.1) is 5.82 Å². The van der Waals surface area contributed by atoms with Crippen molar-refractivity contribution in [1.82, 2.24) is 15.1 Å². The van der Waals surface area contributed by atoms with Crippen LogP contribution in [0.3, 0.4) is 0 Å². The molecule has 1 atom stereocenters. The molecule has 3 heterocycles. The first-order valence-electron chi connectivity index (χ1n) is 13.9. The Morgan fingerprint density at radius 2 is 1.66 bits per heavy atom. The predicted molar refractivity (Wildman–Crippen MR) is 147 cm³/mol. The molecule has 0 aromatic heterocycles. The molecule has 2 fully saturated rings. The summed E-state index contributed by atoms with van der Waals surface area (Å²) in [6.45, 7) is 9.51. The van der Waals surface area contributed by atoms with Crippen molar-refractivity contribution in [2.24, 2.45) is 0 Å². The Hall–Kier alpha value is -3.90. The lowest BCUT2D eigenvalue weighted by Gasteiger charge is -2.29. The quantitative estimate of drug-likeness (QED) is 0.232. The van der Waals surface area contributed by atoms with Gasteiger partial charge in [-0.1, -0.05) is 33.8 Å². The Balaban J connectivity index is 0.00000111. The maximum atomic E-state index is 15.1. The summed E-state index contributed by atoms with van der Waals surface area (Å²) in [7, 11) is 0. The van der Waals surface area contributed by atoms with Crippen molar-refractivity contribution in [3.05, 3.63) is 46.3 Å². The van der Waals surface area contributed by atoms with Crippen LogP contribution >= 0.6 is 0 Å². The van der Waals surface area contributed by atoms with E-state index in [9.17, 15) is 29.7 Å². The number of fused-ring (bicyclic) bond motifs is 1. The number of ether oxygens (including phenoxy) is 2. The molecule has 0 radical (unpaired) electrons. The highest BCUT2D eigenvalue weighted by Gasteiger charge is 2.40. The Bertz CT molecular complexity index is 1250. The molecule has 0 bridgehead atoms. The van der Waals surface area contributed by atoms with Gasteiger partial charge in [-0.25, -0.2) is 4.39 Å². The molecule has 3 aliphatic heterocycles. The minimum Gasteiger partial charge on any atom is -0.504 e. The highest BCUT2D eigenvalue weighted by molar-refractivity contribution is 6.05. The second-order valence-corrected chi connectivity index (χ2v) is 9.18. The second-order valence-electron chi connectivity index (χ2n) is 9.18. The average Bonchev–Trinajstić information content (AvgIpc) is 3.33. The molecule has 2 aromatic carbocycles. The lowest BCUT2D eigenvalue weighted by Crippen LogP contribution is -2.52. The smallest absolute Gasteiger partial charge is 0.255 e.